The first-order chi connectivity index (χ1) is 9.89. The lowest BCUT2D eigenvalue weighted by molar-refractivity contribution is 0.289. The average molecular weight is 312 g/mol. The highest BCUT2D eigenvalue weighted by Crippen LogP contribution is 2.22. The van der Waals surface area contributed by atoms with E-state index in [4.69, 9.17) is 10.5 Å². The predicted octanol–water partition coefficient (Wildman–Crippen LogP) is 1.83. The van der Waals surface area contributed by atoms with Crippen LogP contribution in [0.2, 0.25) is 0 Å². The van der Waals surface area contributed by atoms with Crippen LogP contribution in [0, 0.1) is 5.92 Å². The van der Waals surface area contributed by atoms with Crippen LogP contribution in [0.3, 0.4) is 0 Å². The van der Waals surface area contributed by atoms with Crippen LogP contribution in [0.25, 0.3) is 0 Å². The maximum absolute atomic E-state index is 12.4. The summed E-state index contributed by atoms with van der Waals surface area (Å²) in [5.41, 5.74) is 5.78. The molecule has 21 heavy (non-hydrogen) atoms. The van der Waals surface area contributed by atoms with Gasteiger partial charge in [0.05, 0.1) is 11.5 Å². The molecule has 6 heteroatoms. The number of nitrogens with zero attached hydrogens (tertiary/aromatic N) is 1. The molecule has 1 aliphatic rings. The molecule has 1 aliphatic heterocycles. The van der Waals surface area contributed by atoms with Crippen molar-refractivity contribution in [1.82, 2.24) is 4.31 Å². The van der Waals surface area contributed by atoms with Crippen LogP contribution in [0.4, 0.5) is 0 Å². The Balaban J connectivity index is 2.01. The van der Waals surface area contributed by atoms with E-state index < -0.39 is 10.0 Å². The minimum absolute atomic E-state index is 0.0570. The molecule has 0 aliphatic carbocycles. The van der Waals surface area contributed by atoms with Gasteiger partial charge in [-0.3, -0.25) is 0 Å². The number of ether oxygens (including phenoxy) is 1. The molecule has 2 rings (SSSR count). The zero-order chi connectivity index (χ0) is 15.5. The van der Waals surface area contributed by atoms with Gasteiger partial charge in [-0.05, 0) is 43.0 Å². The average Bonchev–Trinajstić information content (AvgIpc) is 2.86. The number of hydrogen-bond donors (Lipinski definition) is 1. The Kier molecular flexibility index (Phi) is 5.24. The van der Waals surface area contributed by atoms with Crippen LogP contribution in [0.1, 0.15) is 26.7 Å². The molecule has 0 spiro atoms. The molecule has 1 aromatic rings. The van der Waals surface area contributed by atoms with Crippen molar-refractivity contribution in [3.63, 3.8) is 0 Å². The molecular formula is C15H24N2O3S. The normalized spacial score (nSPS) is 20.1. The zero-order valence-corrected chi connectivity index (χ0v) is 13.5. The van der Waals surface area contributed by atoms with Gasteiger partial charge in [-0.25, -0.2) is 8.42 Å². The molecule has 0 unspecified atom stereocenters. The third-order valence-corrected chi connectivity index (χ3v) is 5.49. The minimum Gasteiger partial charge on any atom is -0.494 e. The van der Waals surface area contributed by atoms with Crippen molar-refractivity contribution in [1.29, 1.82) is 0 Å². The monoisotopic (exact) mass is 312 g/mol. The number of hydrogen-bond acceptors (Lipinski definition) is 4. The standard InChI is InChI=1S/C15H24N2O3S/c1-12(2)8-10-20-14-3-5-15(6-4-14)21(18,19)17-9-7-13(16)11-17/h3-6,12-13H,7-11,16H2,1-2H3/t13-/m1/s1. The Morgan fingerprint density at radius 2 is 2.00 bits per heavy atom. The van der Waals surface area contributed by atoms with E-state index in [0.717, 1.165) is 12.8 Å². The van der Waals surface area contributed by atoms with E-state index in [0.29, 0.717) is 36.3 Å². The molecule has 0 amide bonds. The first kappa shape index (κ1) is 16.3. The van der Waals surface area contributed by atoms with Gasteiger partial charge < -0.3 is 10.5 Å². The summed E-state index contributed by atoms with van der Waals surface area (Å²) in [6, 6.07) is 6.57. The molecule has 1 heterocycles. The lowest BCUT2D eigenvalue weighted by Gasteiger charge is -2.16. The molecule has 5 nitrogen and oxygen atoms in total. The quantitative estimate of drug-likeness (QED) is 0.870. The van der Waals surface area contributed by atoms with Crippen molar-refractivity contribution in [2.24, 2.45) is 11.7 Å². The van der Waals surface area contributed by atoms with Gasteiger partial charge in [0.15, 0.2) is 0 Å². The highest BCUT2D eigenvalue weighted by Gasteiger charge is 2.30. The van der Waals surface area contributed by atoms with Gasteiger partial charge in [0, 0.05) is 19.1 Å². The van der Waals surface area contributed by atoms with E-state index in [9.17, 15) is 8.42 Å². The maximum Gasteiger partial charge on any atom is 0.243 e. The van der Waals surface area contributed by atoms with Gasteiger partial charge in [-0.2, -0.15) is 4.31 Å². The molecule has 1 saturated heterocycles. The van der Waals surface area contributed by atoms with E-state index in [-0.39, 0.29) is 6.04 Å². The Bertz CT molecular complexity index is 555. The Labute approximate surface area is 127 Å². The fraction of sp³-hybridized carbons (Fsp3) is 0.600. The SMILES string of the molecule is CC(C)CCOc1ccc(S(=O)(=O)N2CC[C@@H](N)C2)cc1. The molecule has 1 atom stereocenters. The van der Waals surface area contributed by atoms with Crippen molar-refractivity contribution in [3.8, 4) is 5.75 Å². The highest BCUT2D eigenvalue weighted by molar-refractivity contribution is 7.89. The molecule has 0 saturated carbocycles. The second-order valence-electron chi connectivity index (χ2n) is 5.91. The lowest BCUT2D eigenvalue weighted by Crippen LogP contribution is -2.31. The van der Waals surface area contributed by atoms with Crippen LogP contribution in [0.5, 0.6) is 5.75 Å². The molecule has 2 N–H and O–H groups in total. The second-order valence-corrected chi connectivity index (χ2v) is 7.85. The first-order valence-corrected chi connectivity index (χ1v) is 8.82. The lowest BCUT2D eigenvalue weighted by atomic mass is 10.1. The number of benzene rings is 1. The molecule has 1 fully saturated rings. The number of nitrogens with two attached hydrogens (primary N) is 1. The largest absolute Gasteiger partial charge is 0.494 e. The van der Waals surface area contributed by atoms with Gasteiger partial charge in [-0.1, -0.05) is 13.8 Å². The number of rotatable bonds is 6. The smallest absolute Gasteiger partial charge is 0.243 e. The summed E-state index contributed by atoms with van der Waals surface area (Å²) in [5.74, 6) is 1.29. The molecule has 118 valence electrons. The predicted molar refractivity (Wildman–Crippen MR) is 82.7 cm³/mol. The van der Waals surface area contributed by atoms with Gasteiger partial charge in [0.1, 0.15) is 5.75 Å². The third kappa shape index (κ3) is 4.18. The van der Waals surface area contributed by atoms with E-state index in [2.05, 4.69) is 13.8 Å². The van der Waals surface area contributed by atoms with Crippen molar-refractivity contribution in [3.05, 3.63) is 24.3 Å². The second kappa shape index (κ2) is 6.77. The molecular weight excluding hydrogens is 288 g/mol. The van der Waals surface area contributed by atoms with Gasteiger partial charge in [-0.15, -0.1) is 0 Å². The van der Waals surface area contributed by atoms with Gasteiger partial charge in [0.25, 0.3) is 0 Å². The van der Waals surface area contributed by atoms with Crippen LogP contribution in [0.15, 0.2) is 29.2 Å². The van der Waals surface area contributed by atoms with Gasteiger partial charge in [0.2, 0.25) is 10.0 Å². The first-order valence-electron chi connectivity index (χ1n) is 7.38. The van der Waals surface area contributed by atoms with E-state index >= 15 is 0 Å². The summed E-state index contributed by atoms with van der Waals surface area (Å²) in [6.45, 7) is 5.81. The van der Waals surface area contributed by atoms with Crippen LogP contribution < -0.4 is 10.5 Å². The summed E-state index contributed by atoms with van der Waals surface area (Å²) in [5, 5.41) is 0. The topological polar surface area (TPSA) is 72.6 Å². The fourth-order valence-corrected chi connectivity index (χ4v) is 3.75. The Morgan fingerprint density at radius 1 is 1.33 bits per heavy atom. The van der Waals surface area contributed by atoms with Gasteiger partial charge >= 0.3 is 0 Å². The van der Waals surface area contributed by atoms with Crippen LogP contribution in [-0.4, -0.2) is 38.5 Å². The fourth-order valence-electron chi connectivity index (χ4n) is 2.24. The zero-order valence-electron chi connectivity index (χ0n) is 12.7. The molecule has 0 radical (unpaired) electrons. The summed E-state index contributed by atoms with van der Waals surface area (Å²) < 4.78 is 31.9. The maximum atomic E-state index is 12.4. The van der Waals surface area contributed by atoms with Crippen molar-refractivity contribution in [2.45, 2.75) is 37.6 Å². The van der Waals surface area contributed by atoms with E-state index in [1.54, 1.807) is 24.3 Å². The van der Waals surface area contributed by atoms with E-state index in [1.165, 1.54) is 4.31 Å². The highest BCUT2D eigenvalue weighted by atomic mass is 32.2. The Hall–Kier alpha value is -1.11. The van der Waals surface area contributed by atoms with Crippen LogP contribution >= 0.6 is 0 Å². The van der Waals surface area contributed by atoms with Crippen molar-refractivity contribution in [2.75, 3.05) is 19.7 Å². The summed E-state index contributed by atoms with van der Waals surface area (Å²) in [4.78, 5) is 0.299. The summed E-state index contributed by atoms with van der Waals surface area (Å²) in [6.07, 6.45) is 1.70. The molecule has 1 aromatic carbocycles. The molecule has 0 bridgehead atoms. The van der Waals surface area contributed by atoms with Crippen LogP contribution in [-0.2, 0) is 10.0 Å². The third-order valence-electron chi connectivity index (χ3n) is 3.61. The summed E-state index contributed by atoms with van der Waals surface area (Å²) >= 11 is 0. The summed E-state index contributed by atoms with van der Waals surface area (Å²) in [7, 11) is -3.42. The van der Waals surface area contributed by atoms with Crippen molar-refractivity contribution < 1.29 is 13.2 Å². The van der Waals surface area contributed by atoms with E-state index in [1.807, 2.05) is 0 Å². The minimum atomic E-state index is -3.42. The van der Waals surface area contributed by atoms with Crippen molar-refractivity contribution >= 4 is 10.0 Å². The number of sulfonamides is 1. The Morgan fingerprint density at radius 3 is 2.52 bits per heavy atom. The molecule has 0 aromatic heterocycles.